The second-order valence-corrected chi connectivity index (χ2v) is 7.54. The molecular weight excluding hydrogens is 348 g/mol. The molecule has 0 atom stereocenters. The van der Waals surface area contributed by atoms with Gasteiger partial charge in [0.15, 0.2) is 0 Å². The van der Waals surface area contributed by atoms with Crippen LogP contribution < -0.4 is 4.72 Å². The van der Waals surface area contributed by atoms with Crippen molar-refractivity contribution in [2.75, 3.05) is 6.54 Å². The van der Waals surface area contributed by atoms with Gasteiger partial charge in [-0.1, -0.05) is 30.3 Å². The molecule has 3 rings (SSSR count). The maximum atomic E-state index is 12.4. The van der Waals surface area contributed by atoms with E-state index in [2.05, 4.69) is 9.71 Å². The Morgan fingerprint density at radius 2 is 1.81 bits per heavy atom. The highest BCUT2D eigenvalue weighted by Crippen LogP contribution is 2.19. The monoisotopic (exact) mass is 366 g/mol. The lowest BCUT2D eigenvalue weighted by atomic mass is 10.2. The van der Waals surface area contributed by atoms with Crippen LogP contribution in [0.25, 0.3) is 11.4 Å². The van der Waals surface area contributed by atoms with Gasteiger partial charge in [-0.15, -0.1) is 0 Å². The molecule has 0 aliphatic rings. The number of nitrogens with zero attached hydrogens (tertiary/aromatic N) is 3. The van der Waals surface area contributed by atoms with E-state index >= 15 is 0 Å². The lowest BCUT2D eigenvalue weighted by molar-refractivity contribution is 0.572. The van der Waals surface area contributed by atoms with Crippen molar-refractivity contribution in [1.29, 1.82) is 5.26 Å². The first-order chi connectivity index (χ1) is 12.5. The first-order valence-electron chi connectivity index (χ1n) is 8.08. The third-order valence-corrected chi connectivity index (χ3v) is 5.49. The molecule has 0 amide bonds. The molecule has 1 N–H and O–H groups in total. The minimum atomic E-state index is -3.62. The highest BCUT2D eigenvalue weighted by Gasteiger charge is 2.14. The van der Waals surface area contributed by atoms with Gasteiger partial charge in [0, 0.05) is 30.5 Å². The minimum Gasteiger partial charge on any atom is -0.327 e. The van der Waals surface area contributed by atoms with Crippen LogP contribution in [0, 0.1) is 18.3 Å². The van der Waals surface area contributed by atoms with Crippen molar-refractivity contribution in [2.45, 2.75) is 18.4 Å². The van der Waals surface area contributed by atoms with Gasteiger partial charge in [0.2, 0.25) is 10.0 Å². The molecule has 3 aromatic rings. The van der Waals surface area contributed by atoms with Gasteiger partial charge < -0.3 is 4.57 Å². The maximum absolute atomic E-state index is 12.4. The molecule has 0 spiro atoms. The van der Waals surface area contributed by atoms with Gasteiger partial charge in [0.25, 0.3) is 0 Å². The topological polar surface area (TPSA) is 87.8 Å². The van der Waals surface area contributed by atoms with Crippen LogP contribution in [-0.2, 0) is 16.6 Å². The van der Waals surface area contributed by atoms with E-state index < -0.39 is 10.0 Å². The Morgan fingerprint density at radius 3 is 2.46 bits per heavy atom. The van der Waals surface area contributed by atoms with E-state index in [0.717, 1.165) is 17.1 Å². The summed E-state index contributed by atoms with van der Waals surface area (Å²) in [5.41, 5.74) is 2.36. The quantitative estimate of drug-likeness (QED) is 0.726. The van der Waals surface area contributed by atoms with Crippen molar-refractivity contribution < 1.29 is 8.42 Å². The summed E-state index contributed by atoms with van der Waals surface area (Å²) in [6, 6.07) is 17.6. The summed E-state index contributed by atoms with van der Waals surface area (Å²) in [6.07, 6.45) is 1.78. The molecule has 0 aliphatic heterocycles. The van der Waals surface area contributed by atoms with Gasteiger partial charge in [-0.3, -0.25) is 0 Å². The summed E-state index contributed by atoms with van der Waals surface area (Å²) >= 11 is 0. The molecule has 132 valence electrons. The summed E-state index contributed by atoms with van der Waals surface area (Å²) < 4.78 is 29.3. The second-order valence-electron chi connectivity index (χ2n) is 5.77. The Kier molecular flexibility index (Phi) is 5.16. The fourth-order valence-corrected chi connectivity index (χ4v) is 3.67. The largest absolute Gasteiger partial charge is 0.327 e. The average Bonchev–Trinajstić information content (AvgIpc) is 3.03. The van der Waals surface area contributed by atoms with Gasteiger partial charge in [0.1, 0.15) is 5.82 Å². The van der Waals surface area contributed by atoms with Crippen LogP contribution in [0.1, 0.15) is 11.3 Å². The first kappa shape index (κ1) is 17.9. The molecule has 7 heteroatoms. The number of benzene rings is 2. The molecule has 2 aromatic carbocycles. The molecule has 0 aliphatic carbocycles. The summed E-state index contributed by atoms with van der Waals surface area (Å²) in [5, 5.41) is 8.80. The minimum absolute atomic E-state index is 0.141. The predicted octanol–water partition coefficient (Wildman–Crippen LogP) is 2.71. The Labute approximate surface area is 152 Å². The standard InChI is InChI=1S/C19H18N4O2S/c1-15-14-21-19(17-5-3-2-4-6-17)23(15)12-11-22-26(24,25)18-9-7-16(13-20)8-10-18/h2-10,14,22H,11-12H2,1H3. The fraction of sp³-hybridized carbons (Fsp3) is 0.158. The van der Waals surface area contributed by atoms with Crippen molar-refractivity contribution in [2.24, 2.45) is 0 Å². The van der Waals surface area contributed by atoms with E-state index in [9.17, 15) is 8.42 Å². The molecular formula is C19H18N4O2S. The normalized spacial score (nSPS) is 11.2. The third kappa shape index (κ3) is 3.82. The number of sulfonamides is 1. The van der Waals surface area contributed by atoms with Crippen LogP contribution in [0.2, 0.25) is 0 Å². The number of rotatable bonds is 6. The molecule has 0 saturated heterocycles. The smallest absolute Gasteiger partial charge is 0.240 e. The van der Waals surface area contributed by atoms with E-state index in [1.54, 1.807) is 6.20 Å². The Hall–Kier alpha value is -2.95. The molecule has 6 nitrogen and oxygen atoms in total. The Bertz CT molecular complexity index is 1030. The van der Waals surface area contributed by atoms with E-state index in [0.29, 0.717) is 12.1 Å². The van der Waals surface area contributed by atoms with Crippen molar-refractivity contribution in [3.05, 3.63) is 72.1 Å². The summed E-state index contributed by atoms with van der Waals surface area (Å²) in [5.74, 6) is 0.806. The molecule has 0 unspecified atom stereocenters. The van der Waals surface area contributed by atoms with Crippen molar-refractivity contribution in [3.8, 4) is 17.5 Å². The Balaban J connectivity index is 1.72. The SMILES string of the molecule is Cc1cnc(-c2ccccc2)n1CCNS(=O)(=O)c1ccc(C#N)cc1. The van der Waals surface area contributed by atoms with Crippen molar-refractivity contribution >= 4 is 10.0 Å². The molecule has 0 radical (unpaired) electrons. The van der Waals surface area contributed by atoms with Gasteiger partial charge in [0.05, 0.1) is 16.5 Å². The lowest BCUT2D eigenvalue weighted by Gasteiger charge is -2.12. The zero-order chi connectivity index (χ0) is 18.6. The van der Waals surface area contributed by atoms with Crippen molar-refractivity contribution in [3.63, 3.8) is 0 Å². The summed E-state index contributed by atoms with van der Waals surface area (Å²) in [4.78, 5) is 4.57. The highest BCUT2D eigenvalue weighted by atomic mass is 32.2. The first-order valence-corrected chi connectivity index (χ1v) is 9.57. The number of hydrogen-bond acceptors (Lipinski definition) is 4. The van der Waals surface area contributed by atoms with Crippen LogP contribution in [0.5, 0.6) is 0 Å². The van der Waals surface area contributed by atoms with Gasteiger partial charge in [-0.2, -0.15) is 5.26 Å². The van der Waals surface area contributed by atoms with E-state index in [4.69, 9.17) is 5.26 Å². The van der Waals surface area contributed by atoms with E-state index in [-0.39, 0.29) is 11.4 Å². The number of imidazole rings is 1. The lowest BCUT2D eigenvalue weighted by Crippen LogP contribution is -2.27. The van der Waals surface area contributed by atoms with Crippen LogP contribution in [0.3, 0.4) is 0 Å². The molecule has 1 heterocycles. The fourth-order valence-electron chi connectivity index (χ4n) is 2.64. The van der Waals surface area contributed by atoms with Crippen molar-refractivity contribution in [1.82, 2.24) is 14.3 Å². The number of nitrogens with one attached hydrogen (secondary N) is 1. The van der Waals surface area contributed by atoms with Crippen LogP contribution in [0.15, 0.2) is 65.7 Å². The van der Waals surface area contributed by atoms with Crippen LogP contribution in [-0.4, -0.2) is 24.5 Å². The van der Waals surface area contributed by atoms with E-state index in [1.807, 2.05) is 47.9 Å². The molecule has 0 saturated carbocycles. The molecule has 1 aromatic heterocycles. The predicted molar refractivity (Wildman–Crippen MR) is 98.7 cm³/mol. The second kappa shape index (κ2) is 7.52. The van der Waals surface area contributed by atoms with Gasteiger partial charge in [-0.05, 0) is 31.2 Å². The molecule has 0 fully saturated rings. The van der Waals surface area contributed by atoms with Crippen LogP contribution >= 0.6 is 0 Å². The zero-order valence-electron chi connectivity index (χ0n) is 14.3. The summed E-state index contributed by atoms with van der Waals surface area (Å²) in [6.45, 7) is 2.64. The number of hydrogen-bond donors (Lipinski definition) is 1. The molecule has 26 heavy (non-hydrogen) atoms. The van der Waals surface area contributed by atoms with Crippen LogP contribution in [0.4, 0.5) is 0 Å². The number of nitriles is 1. The average molecular weight is 366 g/mol. The zero-order valence-corrected chi connectivity index (χ0v) is 15.1. The Morgan fingerprint density at radius 1 is 1.12 bits per heavy atom. The number of aryl methyl sites for hydroxylation is 1. The van der Waals surface area contributed by atoms with Gasteiger partial charge in [-0.25, -0.2) is 18.1 Å². The highest BCUT2D eigenvalue weighted by molar-refractivity contribution is 7.89. The summed E-state index contributed by atoms with van der Waals surface area (Å²) in [7, 11) is -3.62. The number of aromatic nitrogens is 2. The van der Waals surface area contributed by atoms with E-state index in [1.165, 1.54) is 24.3 Å². The van der Waals surface area contributed by atoms with Gasteiger partial charge >= 0.3 is 0 Å². The third-order valence-electron chi connectivity index (χ3n) is 4.01. The maximum Gasteiger partial charge on any atom is 0.240 e. The molecule has 0 bridgehead atoms.